The van der Waals surface area contributed by atoms with Crippen LogP contribution < -0.4 is 16.6 Å². The van der Waals surface area contributed by atoms with Gasteiger partial charge in [0.05, 0.1) is 37.2 Å². The molecule has 0 radical (unpaired) electrons. The van der Waals surface area contributed by atoms with Crippen LogP contribution in [0.4, 0.5) is 0 Å². The van der Waals surface area contributed by atoms with Crippen molar-refractivity contribution in [1.29, 1.82) is 0 Å². The maximum atomic E-state index is 12.2. The predicted octanol–water partition coefficient (Wildman–Crippen LogP) is -2.92. The number of carboxylic acids is 1. The fourth-order valence-electron chi connectivity index (χ4n) is 3.72. The van der Waals surface area contributed by atoms with Gasteiger partial charge in [-0.2, -0.15) is 4.98 Å². The van der Waals surface area contributed by atoms with Crippen LogP contribution in [0.2, 0.25) is 0 Å². The molecule has 0 unspecified atom stereocenters. The third-order valence-electron chi connectivity index (χ3n) is 6.60. The van der Waals surface area contributed by atoms with Crippen LogP contribution in [-0.4, -0.2) is 149 Å². The Bertz CT molecular complexity index is 1500. The van der Waals surface area contributed by atoms with Gasteiger partial charge in [0.1, 0.15) is 24.4 Å². The summed E-state index contributed by atoms with van der Waals surface area (Å²) in [6.07, 6.45) is -6.23. The molecule has 236 valence electrons. The number of nitrogens with zero attached hydrogens (tertiary/aromatic N) is 3. The van der Waals surface area contributed by atoms with Gasteiger partial charge in [0.2, 0.25) is 5.91 Å². The number of aryl methyl sites for hydroxylation is 2. The zero-order chi connectivity index (χ0) is 31.9. The van der Waals surface area contributed by atoms with Crippen LogP contribution in [0.25, 0.3) is 22.6 Å². The van der Waals surface area contributed by atoms with E-state index in [9.17, 15) is 39.6 Å². The van der Waals surface area contributed by atoms with Crippen LogP contribution in [0.1, 0.15) is 34.2 Å². The van der Waals surface area contributed by atoms with E-state index in [0.717, 1.165) is 11.1 Å². The van der Waals surface area contributed by atoms with E-state index in [1.165, 1.54) is 18.4 Å². The molecule has 43 heavy (non-hydrogen) atoms. The Morgan fingerprint density at radius 3 is 2.21 bits per heavy atom. The standard InChI is InChI=1S/C17H20N4O6.C9H17NO5.Ca.2H/c1-7-3-9-10(4-8(7)2)21(5-11(23)14(25)12(24)6-22)15-13(18-9)16(26)20-17(27)19-15;1-9(2,5-11)7(14)8(15)10-4-3-6(12)13;;;/h3-4,11-12,14,22-25H,5-6H2,1-2H3,(H,20,26,27);7,11,14H,3-5H2,1-2H3,(H,10,15)(H,12,13);;;/q;;+2;2*-1/t11-,12+,14-;7-;;;/m00.../s1. The molecule has 1 aromatic rings. The first-order valence-electron chi connectivity index (χ1n) is 12.9. The molecule has 16 nitrogen and oxygen atoms in total. The first-order valence-corrected chi connectivity index (χ1v) is 12.9. The Morgan fingerprint density at radius 2 is 1.65 bits per heavy atom. The number of aliphatic hydroxyl groups is 6. The van der Waals surface area contributed by atoms with Crippen molar-refractivity contribution in [2.45, 2.75) is 65.1 Å². The summed E-state index contributed by atoms with van der Waals surface area (Å²) in [4.78, 5) is 55.4. The Morgan fingerprint density at radius 1 is 1.05 bits per heavy atom. The van der Waals surface area contributed by atoms with Gasteiger partial charge in [0.25, 0.3) is 5.56 Å². The molecule has 0 saturated carbocycles. The number of hydrogen-bond donors (Lipinski definition) is 9. The molecule has 9 N–H and O–H groups in total. The van der Waals surface area contributed by atoms with Gasteiger partial charge in [-0.25, -0.2) is 9.78 Å². The largest absolute Gasteiger partial charge is 2.00 e. The fourth-order valence-corrected chi connectivity index (χ4v) is 3.72. The smallest absolute Gasteiger partial charge is 1.00 e. The number of aromatic nitrogens is 4. The fraction of sp³-hybridized carbons (Fsp3) is 0.538. The van der Waals surface area contributed by atoms with Crippen LogP contribution in [-0.2, 0) is 16.1 Å². The van der Waals surface area contributed by atoms with Crippen LogP contribution in [0.15, 0.2) is 21.7 Å². The number of carboxylic acid groups (broad SMARTS) is 1. The summed E-state index contributed by atoms with van der Waals surface area (Å²) in [5.41, 5.74) is 0.175. The second-order valence-electron chi connectivity index (χ2n) is 10.5. The van der Waals surface area contributed by atoms with E-state index in [2.05, 4.69) is 20.3 Å². The Hall–Kier alpha value is -2.54. The average molecular weight is 638 g/mol. The minimum Gasteiger partial charge on any atom is -1.00 e. The summed E-state index contributed by atoms with van der Waals surface area (Å²) in [5.74, 6) is -1.74. The molecule has 0 bridgehead atoms. The maximum Gasteiger partial charge on any atom is 2.00 e. The Balaban J connectivity index is 0. The molecule has 0 fully saturated rings. The van der Waals surface area contributed by atoms with E-state index in [0.29, 0.717) is 11.0 Å². The maximum absolute atomic E-state index is 12.2. The number of hydrogen-bond acceptors (Lipinski definition) is 12. The zero-order valence-electron chi connectivity index (χ0n) is 26.3. The summed E-state index contributed by atoms with van der Waals surface area (Å²) in [7, 11) is 0. The topological polar surface area (TPSA) is 268 Å². The normalized spacial score (nSPS) is 14.2. The number of fused-ring (bicyclic) bond motifs is 2. The molecular formula is C26H39CaN5O11. The van der Waals surface area contributed by atoms with Gasteiger partial charge in [-0.3, -0.25) is 19.4 Å². The van der Waals surface area contributed by atoms with E-state index < -0.39 is 59.6 Å². The van der Waals surface area contributed by atoms with Crippen molar-refractivity contribution >= 4 is 60.6 Å². The third kappa shape index (κ3) is 9.99. The number of nitrogens with one attached hydrogen (secondary N) is 2. The Labute approximate surface area is 278 Å². The molecule has 0 spiro atoms. The number of carbonyl (C=O) groups excluding carboxylic acids is 1. The van der Waals surface area contributed by atoms with Crippen LogP contribution in [0, 0.1) is 19.3 Å². The number of H-pyrrole nitrogens is 1. The summed E-state index contributed by atoms with van der Waals surface area (Å²) in [5, 5.41) is 67.8. The summed E-state index contributed by atoms with van der Waals surface area (Å²) in [6.45, 7) is 5.43. The van der Waals surface area contributed by atoms with Gasteiger partial charge < -0.3 is 48.5 Å². The molecule has 2 aliphatic heterocycles. The molecule has 0 saturated heterocycles. The van der Waals surface area contributed by atoms with Gasteiger partial charge in [-0.05, 0) is 37.1 Å². The number of benzene rings is 1. The second kappa shape index (κ2) is 16.5. The van der Waals surface area contributed by atoms with Crippen molar-refractivity contribution < 1.29 is 48.2 Å². The first-order chi connectivity index (χ1) is 19.5. The van der Waals surface area contributed by atoms with Crippen LogP contribution in [0.3, 0.4) is 0 Å². The van der Waals surface area contributed by atoms with Crippen molar-refractivity contribution in [3.8, 4) is 11.5 Å². The van der Waals surface area contributed by atoms with E-state index in [-0.39, 0.29) is 78.2 Å². The number of aliphatic hydroxyl groups excluding tert-OH is 6. The number of amides is 1. The van der Waals surface area contributed by atoms with E-state index in [1.807, 2.05) is 13.8 Å². The molecule has 4 atom stereocenters. The minimum atomic E-state index is -1.64. The van der Waals surface area contributed by atoms with E-state index >= 15 is 0 Å². The van der Waals surface area contributed by atoms with Crippen LogP contribution >= 0.6 is 0 Å². The molecular weight excluding hydrogens is 598 g/mol. The Kier molecular flexibility index (Phi) is 14.8. The molecule has 2 aliphatic rings. The van der Waals surface area contributed by atoms with E-state index in [1.54, 1.807) is 12.1 Å². The molecule has 1 amide bonds. The number of carbonyl (C=O) groups is 2. The molecule has 17 heteroatoms. The minimum absolute atomic E-state index is 0. The number of aliphatic carboxylic acids is 1. The van der Waals surface area contributed by atoms with Gasteiger partial charge in [0.15, 0.2) is 11.5 Å². The first kappa shape index (κ1) is 38.5. The number of aromatic amines is 1. The third-order valence-corrected chi connectivity index (χ3v) is 6.60. The van der Waals surface area contributed by atoms with Crippen molar-refractivity contribution in [3.05, 3.63) is 44.1 Å². The van der Waals surface area contributed by atoms with E-state index in [4.69, 9.17) is 15.3 Å². The number of rotatable bonds is 11. The quantitative estimate of drug-likeness (QED) is 0.0754. The van der Waals surface area contributed by atoms with Crippen LogP contribution in [0.5, 0.6) is 0 Å². The average Bonchev–Trinajstić information content (AvgIpc) is 2.93. The predicted molar refractivity (Wildman–Crippen MR) is 156 cm³/mol. The summed E-state index contributed by atoms with van der Waals surface area (Å²) in [6, 6.07) is 3.53. The summed E-state index contributed by atoms with van der Waals surface area (Å²) < 4.78 is 1.40. The van der Waals surface area contributed by atoms with Crippen molar-refractivity contribution in [2.75, 3.05) is 19.8 Å². The van der Waals surface area contributed by atoms with Crippen molar-refractivity contribution in [1.82, 2.24) is 24.8 Å². The zero-order valence-corrected chi connectivity index (χ0v) is 26.5. The summed E-state index contributed by atoms with van der Waals surface area (Å²) >= 11 is 0. The van der Waals surface area contributed by atoms with Gasteiger partial charge >= 0.3 is 49.4 Å². The van der Waals surface area contributed by atoms with Crippen molar-refractivity contribution in [2.24, 2.45) is 5.41 Å². The van der Waals surface area contributed by atoms with Gasteiger partial charge in [0, 0.05) is 12.0 Å². The monoisotopic (exact) mass is 637 g/mol. The van der Waals surface area contributed by atoms with Gasteiger partial charge in [-0.1, -0.05) is 13.8 Å². The second-order valence-corrected chi connectivity index (χ2v) is 10.5. The van der Waals surface area contributed by atoms with Gasteiger partial charge in [-0.15, -0.1) is 0 Å². The molecule has 0 aromatic heterocycles. The molecule has 2 heterocycles. The molecule has 1 aromatic carbocycles. The SMILES string of the molecule is CC(C)(CO)[C@@H](O)C(=O)NCCC(=O)O.Cc1cc2nc3c(=O)[nH]c(=O)nc-3n(C[C@H](O)[C@H](O)[C@H](O)CO)c2cc1C.[Ca+2].[H-].[H-]. The van der Waals surface area contributed by atoms with Crippen molar-refractivity contribution in [3.63, 3.8) is 0 Å². The molecule has 3 rings (SSSR count). The molecule has 0 aliphatic carbocycles.